The van der Waals surface area contributed by atoms with Gasteiger partial charge in [-0.2, -0.15) is 0 Å². The van der Waals surface area contributed by atoms with E-state index in [1.165, 1.54) is 22.3 Å². The predicted molar refractivity (Wildman–Crippen MR) is 129 cm³/mol. The maximum atomic E-state index is 6.01. The Bertz CT molecular complexity index is 846. The fourth-order valence-electron chi connectivity index (χ4n) is 3.73. The summed E-state index contributed by atoms with van der Waals surface area (Å²) in [6, 6.07) is 14.8. The van der Waals surface area contributed by atoms with Gasteiger partial charge in [-0.1, -0.05) is 42.0 Å². The van der Waals surface area contributed by atoms with Crippen LogP contribution in [0.1, 0.15) is 42.0 Å². The summed E-state index contributed by atoms with van der Waals surface area (Å²) in [6.45, 7) is 8.68. The summed E-state index contributed by atoms with van der Waals surface area (Å²) < 4.78 is 16.9. The molecule has 0 spiro atoms. The van der Waals surface area contributed by atoms with E-state index < -0.39 is 0 Å². The van der Waals surface area contributed by atoms with E-state index in [0.29, 0.717) is 19.3 Å². The minimum atomic E-state index is 0.321. The van der Waals surface area contributed by atoms with Crippen molar-refractivity contribution in [1.29, 1.82) is 0 Å². The Labute approximate surface area is 192 Å². The van der Waals surface area contributed by atoms with E-state index in [2.05, 4.69) is 60.9 Å². The molecular weight excluding hydrogens is 402 g/mol. The number of aliphatic imine (C=N–C) groups is 1. The van der Waals surface area contributed by atoms with Crippen LogP contribution in [-0.2, 0) is 29.0 Å². The van der Waals surface area contributed by atoms with Crippen molar-refractivity contribution in [1.82, 2.24) is 10.6 Å². The van der Waals surface area contributed by atoms with Gasteiger partial charge in [-0.05, 0) is 55.9 Å². The van der Waals surface area contributed by atoms with E-state index in [-0.39, 0.29) is 0 Å². The lowest BCUT2D eigenvalue weighted by Gasteiger charge is -2.22. The summed E-state index contributed by atoms with van der Waals surface area (Å²) in [5.74, 6) is 1.76. The lowest BCUT2D eigenvalue weighted by Crippen LogP contribution is -2.38. The molecule has 6 nitrogen and oxygen atoms in total. The van der Waals surface area contributed by atoms with E-state index >= 15 is 0 Å². The summed E-state index contributed by atoms with van der Waals surface area (Å²) >= 11 is 0. The maximum absolute atomic E-state index is 6.01. The van der Waals surface area contributed by atoms with Crippen molar-refractivity contribution in [3.63, 3.8) is 0 Å². The molecular formula is C26H37N3O3. The average Bonchev–Trinajstić information content (AvgIpc) is 2.83. The highest BCUT2D eigenvalue weighted by molar-refractivity contribution is 5.79. The van der Waals surface area contributed by atoms with Gasteiger partial charge in [0.05, 0.1) is 26.4 Å². The Hall–Kier alpha value is -2.57. The van der Waals surface area contributed by atoms with Crippen LogP contribution in [0.25, 0.3) is 0 Å². The van der Waals surface area contributed by atoms with E-state index in [9.17, 15) is 0 Å². The van der Waals surface area contributed by atoms with Gasteiger partial charge in [0.2, 0.25) is 0 Å². The normalized spacial score (nSPS) is 14.9. The molecule has 1 aliphatic rings. The third-order valence-corrected chi connectivity index (χ3v) is 5.56. The number of hydrogen-bond donors (Lipinski definition) is 2. The first kappa shape index (κ1) is 24.1. The van der Waals surface area contributed by atoms with E-state index in [1.54, 1.807) is 7.11 Å². The third-order valence-electron chi connectivity index (χ3n) is 5.56. The number of ether oxygens (including phenoxy) is 3. The molecule has 0 saturated carbocycles. The highest BCUT2D eigenvalue weighted by atomic mass is 16.5. The molecule has 32 heavy (non-hydrogen) atoms. The SMILES string of the molecule is CCNC(=NCc1ccc(COC2CCOCC2)cc1)NCCc1cc(C)ccc1OC. The van der Waals surface area contributed by atoms with Crippen molar-refractivity contribution in [2.75, 3.05) is 33.4 Å². The number of guanidine groups is 1. The monoisotopic (exact) mass is 439 g/mol. The molecule has 2 aromatic rings. The quantitative estimate of drug-likeness (QED) is 0.433. The summed E-state index contributed by atoms with van der Waals surface area (Å²) in [5.41, 5.74) is 4.82. The summed E-state index contributed by atoms with van der Waals surface area (Å²) in [7, 11) is 1.72. The molecule has 1 saturated heterocycles. The Morgan fingerprint density at radius 2 is 1.81 bits per heavy atom. The standard InChI is InChI=1S/C26H37N3O3/c1-4-27-26(28-14-11-23-17-20(2)5-10-25(23)30-3)29-18-21-6-8-22(9-7-21)19-32-24-12-15-31-16-13-24/h5-10,17,24H,4,11-16,18-19H2,1-3H3,(H2,27,28,29). The van der Waals surface area contributed by atoms with E-state index in [1.807, 2.05) is 6.07 Å². The second-order valence-corrected chi connectivity index (χ2v) is 8.13. The van der Waals surface area contributed by atoms with Crippen LogP contribution in [0, 0.1) is 6.92 Å². The van der Waals surface area contributed by atoms with Gasteiger partial charge >= 0.3 is 0 Å². The number of rotatable bonds is 10. The predicted octanol–water partition coefficient (Wildman–Crippen LogP) is 4.00. The van der Waals surface area contributed by atoms with Crippen molar-refractivity contribution in [3.05, 3.63) is 64.7 Å². The molecule has 0 bridgehead atoms. The van der Waals surface area contributed by atoms with Gasteiger partial charge in [-0.15, -0.1) is 0 Å². The highest BCUT2D eigenvalue weighted by Crippen LogP contribution is 2.19. The van der Waals surface area contributed by atoms with Crippen LogP contribution in [-0.4, -0.2) is 45.5 Å². The van der Waals surface area contributed by atoms with Crippen molar-refractivity contribution < 1.29 is 14.2 Å². The summed E-state index contributed by atoms with van der Waals surface area (Å²) in [5, 5.41) is 6.76. The number of nitrogens with one attached hydrogen (secondary N) is 2. The average molecular weight is 440 g/mol. The highest BCUT2D eigenvalue weighted by Gasteiger charge is 2.13. The molecule has 0 atom stereocenters. The lowest BCUT2D eigenvalue weighted by molar-refractivity contribution is -0.0390. The van der Waals surface area contributed by atoms with E-state index in [0.717, 1.165) is 57.3 Å². The Balaban J connectivity index is 1.48. The van der Waals surface area contributed by atoms with Gasteiger partial charge in [0.1, 0.15) is 5.75 Å². The molecule has 1 aliphatic heterocycles. The van der Waals surface area contributed by atoms with Crippen LogP contribution >= 0.6 is 0 Å². The first-order chi connectivity index (χ1) is 15.7. The Morgan fingerprint density at radius 1 is 1.06 bits per heavy atom. The van der Waals surface area contributed by atoms with Gasteiger partial charge in [-0.3, -0.25) is 0 Å². The van der Waals surface area contributed by atoms with Crippen molar-refractivity contribution in [2.45, 2.75) is 52.4 Å². The summed E-state index contributed by atoms with van der Waals surface area (Å²) in [4.78, 5) is 4.74. The zero-order chi connectivity index (χ0) is 22.6. The number of hydrogen-bond acceptors (Lipinski definition) is 4. The molecule has 0 aromatic heterocycles. The topological polar surface area (TPSA) is 64.1 Å². The number of methoxy groups -OCH3 is 1. The first-order valence-electron chi connectivity index (χ1n) is 11.6. The Morgan fingerprint density at radius 3 is 2.53 bits per heavy atom. The van der Waals surface area contributed by atoms with Crippen LogP contribution in [0.4, 0.5) is 0 Å². The molecule has 174 valence electrons. The summed E-state index contributed by atoms with van der Waals surface area (Å²) in [6.07, 6.45) is 3.17. The van der Waals surface area contributed by atoms with Crippen LogP contribution in [0.2, 0.25) is 0 Å². The lowest BCUT2D eigenvalue weighted by atomic mass is 10.1. The second-order valence-electron chi connectivity index (χ2n) is 8.13. The smallest absolute Gasteiger partial charge is 0.191 e. The number of benzene rings is 2. The molecule has 0 aliphatic carbocycles. The molecule has 3 rings (SSSR count). The van der Waals surface area contributed by atoms with Crippen molar-refractivity contribution in [2.24, 2.45) is 4.99 Å². The molecule has 6 heteroatoms. The van der Waals surface area contributed by atoms with Gasteiger partial charge in [0.25, 0.3) is 0 Å². The minimum absolute atomic E-state index is 0.321. The zero-order valence-corrected chi connectivity index (χ0v) is 19.7. The van der Waals surface area contributed by atoms with Crippen molar-refractivity contribution >= 4 is 5.96 Å². The van der Waals surface area contributed by atoms with Crippen molar-refractivity contribution in [3.8, 4) is 5.75 Å². The Kier molecular flexibility index (Phi) is 9.85. The number of aryl methyl sites for hydroxylation is 1. The van der Waals surface area contributed by atoms with E-state index in [4.69, 9.17) is 19.2 Å². The molecule has 1 heterocycles. The van der Waals surface area contributed by atoms with Crippen LogP contribution in [0.5, 0.6) is 5.75 Å². The zero-order valence-electron chi connectivity index (χ0n) is 19.7. The molecule has 1 fully saturated rings. The largest absolute Gasteiger partial charge is 0.496 e. The van der Waals surface area contributed by atoms with Crippen LogP contribution in [0.15, 0.2) is 47.5 Å². The van der Waals surface area contributed by atoms with Gasteiger partial charge in [0, 0.05) is 26.3 Å². The second kappa shape index (κ2) is 13.1. The molecule has 2 aromatic carbocycles. The minimum Gasteiger partial charge on any atom is -0.496 e. The first-order valence-corrected chi connectivity index (χ1v) is 11.6. The molecule has 2 N–H and O–H groups in total. The molecule has 0 unspecified atom stereocenters. The third kappa shape index (κ3) is 7.84. The maximum Gasteiger partial charge on any atom is 0.191 e. The fourth-order valence-corrected chi connectivity index (χ4v) is 3.73. The van der Waals surface area contributed by atoms with Gasteiger partial charge in [0.15, 0.2) is 5.96 Å². The van der Waals surface area contributed by atoms with Gasteiger partial charge < -0.3 is 24.8 Å². The molecule has 0 radical (unpaired) electrons. The number of nitrogens with zero attached hydrogens (tertiary/aromatic N) is 1. The molecule has 0 amide bonds. The van der Waals surface area contributed by atoms with Crippen LogP contribution in [0.3, 0.4) is 0 Å². The fraction of sp³-hybridized carbons (Fsp3) is 0.500. The van der Waals surface area contributed by atoms with Gasteiger partial charge in [-0.25, -0.2) is 4.99 Å². The van der Waals surface area contributed by atoms with Crippen LogP contribution < -0.4 is 15.4 Å².